The number of benzene rings is 1. The smallest absolute Gasteiger partial charge is 0.228 e. The molecule has 1 aliphatic heterocycles. The van der Waals surface area contributed by atoms with Crippen LogP contribution in [0.2, 0.25) is 5.02 Å². The molecule has 2 amide bonds. The Morgan fingerprint density at radius 3 is 2.38 bits per heavy atom. The molecule has 1 saturated heterocycles. The first kappa shape index (κ1) is 19.0. The normalized spacial score (nSPS) is 23.0. The molecule has 26 heavy (non-hydrogen) atoms. The first-order chi connectivity index (χ1) is 12.5. The maximum Gasteiger partial charge on any atom is 0.228 e. The second-order valence-electron chi connectivity index (χ2n) is 7.57. The van der Waals surface area contributed by atoms with Crippen LogP contribution in [-0.2, 0) is 9.59 Å². The van der Waals surface area contributed by atoms with Crippen LogP contribution < -0.4 is 10.2 Å². The van der Waals surface area contributed by atoms with Gasteiger partial charge >= 0.3 is 0 Å². The second-order valence-corrected chi connectivity index (χ2v) is 8.01. The lowest BCUT2D eigenvalue weighted by molar-refractivity contribution is -0.141. The largest absolute Gasteiger partial charge is 0.376 e. The van der Waals surface area contributed by atoms with Crippen LogP contribution in [0.1, 0.15) is 38.5 Å². The van der Waals surface area contributed by atoms with E-state index in [1.54, 1.807) is 6.07 Å². The average molecular weight is 378 g/mol. The van der Waals surface area contributed by atoms with Gasteiger partial charge in [-0.2, -0.15) is 0 Å². The van der Waals surface area contributed by atoms with Gasteiger partial charge in [-0.05, 0) is 43.9 Å². The number of rotatable bonds is 4. The van der Waals surface area contributed by atoms with E-state index in [0.717, 1.165) is 57.3 Å². The third-order valence-corrected chi connectivity index (χ3v) is 5.77. The summed E-state index contributed by atoms with van der Waals surface area (Å²) in [6.45, 7) is 1.67. The molecule has 0 bridgehead atoms. The predicted molar refractivity (Wildman–Crippen MR) is 106 cm³/mol. The van der Waals surface area contributed by atoms with Gasteiger partial charge in [0.2, 0.25) is 11.8 Å². The van der Waals surface area contributed by atoms with Crippen molar-refractivity contribution in [1.82, 2.24) is 4.90 Å². The molecule has 2 aliphatic rings. The van der Waals surface area contributed by atoms with E-state index in [1.165, 1.54) is 0 Å². The zero-order valence-electron chi connectivity index (χ0n) is 15.6. The predicted octanol–water partition coefficient (Wildman–Crippen LogP) is 3.77. The third kappa shape index (κ3) is 4.14. The van der Waals surface area contributed by atoms with E-state index in [1.807, 2.05) is 36.0 Å². The van der Waals surface area contributed by atoms with Crippen LogP contribution in [-0.4, -0.2) is 43.9 Å². The zero-order valence-corrected chi connectivity index (χ0v) is 16.4. The van der Waals surface area contributed by atoms with Gasteiger partial charge in [-0.1, -0.05) is 24.4 Å². The Bertz CT molecular complexity index is 671. The van der Waals surface area contributed by atoms with Crippen LogP contribution in [0, 0.1) is 11.8 Å². The molecule has 3 rings (SSSR count). The van der Waals surface area contributed by atoms with Crippen LogP contribution in [0.3, 0.4) is 0 Å². The van der Waals surface area contributed by atoms with Crippen molar-refractivity contribution in [2.45, 2.75) is 38.5 Å². The fraction of sp³-hybridized carbons (Fsp3) is 0.600. The van der Waals surface area contributed by atoms with Gasteiger partial charge in [-0.3, -0.25) is 9.59 Å². The van der Waals surface area contributed by atoms with E-state index in [0.29, 0.717) is 10.7 Å². The van der Waals surface area contributed by atoms with Gasteiger partial charge in [0, 0.05) is 44.0 Å². The monoisotopic (exact) mass is 377 g/mol. The topological polar surface area (TPSA) is 52.7 Å². The SMILES string of the molecule is CN(C)c1ccc(Cl)cc1NC(=O)[C@H]1CCCC[C@H]1C(=O)N1CCCC1. The molecule has 2 fully saturated rings. The summed E-state index contributed by atoms with van der Waals surface area (Å²) < 4.78 is 0. The molecule has 0 aromatic heterocycles. The van der Waals surface area contributed by atoms with E-state index in [9.17, 15) is 9.59 Å². The van der Waals surface area contributed by atoms with Gasteiger partial charge in [0.25, 0.3) is 0 Å². The number of nitrogens with zero attached hydrogens (tertiary/aromatic N) is 2. The standard InChI is InChI=1S/C20H28ClN3O2/c1-23(2)18-10-9-14(21)13-17(18)22-19(25)15-7-3-4-8-16(15)20(26)24-11-5-6-12-24/h9-10,13,15-16H,3-8,11-12H2,1-2H3,(H,22,25)/t15-,16+/m0/s1. The Balaban J connectivity index is 1.77. The van der Waals surface area contributed by atoms with Gasteiger partial charge < -0.3 is 15.1 Å². The molecule has 6 heteroatoms. The summed E-state index contributed by atoms with van der Waals surface area (Å²) in [5.41, 5.74) is 1.60. The van der Waals surface area contributed by atoms with Crippen LogP contribution >= 0.6 is 11.6 Å². The van der Waals surface area contributed by atoms with E-state index in [-0.39, 0.29) is 23.7 Å². The number of carbonyl (C=O) groups is 2. The van der Waals surface area contributed by atoms with Crippen molar-refractivity contribution in [3.63, 3.8) is 0 Å². The van der Waals surface area contributed by atoms with Crippen molar-refractivity contribution in [3.8, 4) is 0 Å². The molecule has 5 nitrogen and oxygen atoms in total. The zero-order chi connectivity index (χ0) is 18.7. The van der Waals surface area contributed by atoms with Crippen molar-refractivity contribution in [2.75, 3.05) is 37.4 Å². The minimum absolute atomic E-state index is 0.0624. The molecule has 142 valence electrons. The molecule has 1 saturated carbocycles. The highest BCUT2D eigenvalue weighted by atomic mass is 35.5. The maximum atomic E-state index is 13.0. The number of carbonyl (C=O) groups excluding carboxylic acids is 2. The molecule has 0 radical (unpaired) electrons. The summed E-state index contributed by atoms with van der Waals surface area (Å²) in [6.07, 6.45) is 5.75. The Morgan fingerprint density at radius 1 is 1.08 bits per heavy atom. The molecule has 0 spiro atoms. The minimum atomic E-state index is -0.258. The van der Waals surface area contributed by atoms with Gasteiger partial charge in [0.15, 0.2) is 0 Å². The molecule has 1 heterocycles. The Morgan fingerprint density at radius 2 is 1.73 bits per heavy atom. The molecular formula is C20H28ClN3O2. The number of hydrogen-bond acceptors (Lipinski definition) is 3. The number of likely N-dealkylation sites (tertiary alicyclic amines) is 1. The second kappa shape index (κ2) is 8.30. The van der Waals surface area contributed by atoms with E-state index < -0.39 is 0 Å². The van der Waals surface area contributed by atoms with Crippen LogP contribution in [0.15, 0.2) is 18.2 Å². The highest BCUT2D eigenvalue weighted by Gasteiger charge is 2.38. The Labute approximate surface area is 160 Å². The van der Waals surface area contributed by atoms with Crippen LogP contribution in [0.25, 0.3) is 0 Å². The van der Waals surface area contributed by atoms with Crippen molar-refractivity contribution in [1.29, 1.82) is 0 Å². The van der Waals surface area contributed by atoms with Crippen molar-refractivity contribution < 1.29 is 9.59 Å². The van der Waals surface area contributed by atoms with Crippen LogP contribution in [0.4, 0.5) is 11.4 Å². The fourth-order valence-electron chi connectivity index (χ4n) is 4.14. The number of amides is 2. The molecule has 2 atom stereocenters. The molecule has 1 aromatic carbocycles. The molecule has 1 N–H and O–H groups in total. The summed E-state index contributed by atoms with van der Waals surface area (Å²) in [6, 6.07) is 5.48. The number of nitrogens with one attached hydrogen (secondary N) is 1. The van der Waals surface area contributed by atoms with Crippen LogP contribution in [0.5, 0.6) is 0 Å². The fourth-order valence-corrected chi connectivity index (χ4v) is 4.31. The lowest BCUT2D eigenvalue weighted by Gasteiger charge is -2.32. The first-order valence-corrected chi connectivity index (χ1v) is 9.91. The molecule has 1 aliphatic carbocycles. The third-order valence-electron chi connectivity index (χ3n) is 5.54. The Kier molecular flexibility index (Phi) is 6.07. The lowest BCUT2D eigenvalue weighted by atomic mass is 9.77. The summed E-state index contributed by atoms with van der Waals surface area (Å²) in [5, 5.41) is 3.62. The van der Waals surface area contributed by atoms with E-state index in [4.69, 9.17) is 11.6 Å². The van der Waals surface area contributed by atoms with Crippen molar-refractivity contribution in [3.05, 3.63) is 23.2 Å². The highest BCUT2D eigenvalue weighted by molar-refractivity contribution is 6.31. The van der Waals surface area contributed by atoms with Crippen molar-refractivity contribution >= 4 is 34.8 Å². The number of hydrogen-bond donors (Lipinski definition) is 1. The summed E-state index contributed by atoms with van der Waals surface area (Å²) in [4.78, 5) is 29.8. The van der Waals surface area contributed by atoms with E-state index >= 15 is 0 Å². The van der Waals surface area contributed by atoms with Crippen molar-refractivity contribution in [2.24, 2.45) is 11.8 Å². The van der Waals surface area contributed by atoms with E-state index in [2.05, 4.69) is 5.32 Å². The summed E-state index contributed by atoms with van der Waals surface area (Å²) >= 11 is 6.13. The number of halogens is 1. The molecule has 0 unspecified atom stereocenters. The molecule has 1 aromatic rings. The average Bonchev–Trinajstić information content (AvgIpc) is 3.15. The highest BCUT2D eigenvalue weighted by Crippen LogP contribution is 2.35. The Hall–Kier alpha value is -1.75. The van der Waals surface area contributed by atoms with Gasteiger partial charge in [0.1, 0.15) is 0 Å². The summed E-state index contributed by atoms with van der Waals surface area (Å²) in [5.74, 6) is -0.344. The molecular weight excluding hydrogens is 350 g/mol. The number of anilines is 2. The summed E-state index contributed by atoms with van der Waals surface area (Å²) in [7, 11) is 3.86. The maximum absolute atomic E-state index is 13.0. The van der Waals surface area contributed by atoms with Gasteiger partial charge in [0.05, 0.1) is 11.4 Å². The quantitative estimate of drug-likeness (QED) is 0.868. The van der Waals surface area contributed by atoms with Gasteiger partial charge in [-0.15, -0.1) is 0 Å². The minimum Gasteiger partial charge on any atom is -0.376 e. The lowest BCUT2D eigenvalue weighted by Crippen LogP contribution is -2.42. The first-order valence-electron chi connectivity index (χ1n) is 9.54. The van der Waals surface area contributed by atoms with Gasteiger partial charge in [-0.25, -0.2) is 0 Å².